The summed E-state index contributed by atoms with van der Waals surface area (Å²) in [5.74, 6) is -1.50. The summed E-state index contributed by atoms with van der Waals surface area (Å²) in [7, 11) is 0. The number of amides is 2. The van der Waals surface area contributed by atoms with Gasteiger partial charge in [-0.1, -0.05) is 0 Å². The average molecular weight is 482 g/mol. The van der Waals surface area contributed by atoms with Crippen LogP contribution in [0.1, 0.15) is 31.8 Å². The highest BCUT2D eigenvalue weighted by Gasteiger charge is 2.34. The third kappa shape index (κ3) is 5.57. The number of halogens is 6. The number of alkyl halides is 6. The fourth-order valence-corrected chi connectivity index (χ4v) is 2.94. The molecule has 2 amide bonds. The Bertz CT molecular complexity index is 1140. The van der Waals surface area contributed by atoms with Crippen molar-refractivity contribution < 1.29 is 35.9 Å². The lowest BCUT2D eigenvalue weighted by Gasteiger charge is -2.13. The first-order valence-corrected chi connectivity index (χ1v) is 9.42. The molecule has 0 spiro atoms. The first-order valence-electron chi connectivity index (χ1n) is 9.42. The molecule has 0 bridgehead atoms. The number of hydrogen-bond acceptors (Lipinski definition) is 4. The second-order valence-corrected chi connectivity index (χ2v) is 7.09. The van der Waals surface area contributed by atoms with Gasteiger partial charge in [0.25, 0.3) is 11.8 Å². The maximum Gasteiger partial charge on any atom is 0.418 e. The normalized spacial score (nSPS) is 11.7. The van der Waals surface area contributed by atoms with Crippen LogP contribution in [-0.2, 0) is 12.4 Å². The summed E-state index contributed by atoms with van der Waals surface area (Å²) in [5, 5.41) is 4.60. The van der Waals surface area contributed by atoms with Crippen molar-refractivity contribution in [3.05, 3.63) is 82.9 Å². The number of nitrogens with two attached hydrogens (primary N) is 2. The van der Waals surface area contributed by atoms with Crippen LogP contribution in [0.2, 0.25) is 0 Å². The Labute approximate surface area is 188 Å². The van der Waals surface area contributed by atoms with E-state index in [1.807, 2.05) is 0 Å². The SMILES string of the molecule is Nc1ccc(NC(=O)c2ccc(C(=O)Nc3ccc(N)c(C(F)(F)F)c3)cc2)cc1C(F)(F)F. The molecule has 3 rings (SSSR count). The van der Waals surface area contributed by atoms with Gasteiger partial charge in [-0.15, -0.1) is 0 Å². The van der Waals surface area contributed by atoms with E-state index in [0.29, 0.717) is 12.1 Å². The third-order valence-corrected chi connectivity index (χ3v) is 4.64. The van der Waals surface area contributed by atoms with Gasteiger partial charge in [-0.05, 0) is 60.7 Å². The molecule has 178 valence electrons. The van der Waals surface area contributed by atoms with Crippen molar-refractivity contribution in [3.8, 4) is 0 Å². The molecule has 12 heteroatoms. The van der Waals surface area contributed by atoms with E-state index in [2.05, 4.69) is 10.6 Å². The van der Waals surface area contributed by atoms with Crippen molar-refractivity contribution >= 4 is 34.6 Å². The van der Waals surface area contributed by atoms with E-state index in [-0.39, 0.29) is 22.5 Å². The van der Waals surface area contributed by atoms with Crippen LogP contribution in [0.25, 0.3) is 0 Å². The van der Waals surface area contributed by atoms with Gasteiger partial charge in [0.1, 0.15) is 0 Å². The molecule has 0 heterocycles. The van der Waals surface area contributed by atoms with Gasteiger partial charge >= 0.3 is 12.4 Å². The fourth-order valence-electron chi connectivity index (χ4n) is 2.94. The Morgan fingerprint density at radius 1 is 0.588 bits per heavy atom. The molecule has 0 saturated carbocycles. The second-order valence-electron chi connectivity index (χ2n) is 7.09. The Hall–Kier alpha value is -4.22. The highest BCUT2D eigenvalue weighted by Crippen LogP contribution is 2.36. The number of carbonyl (C=O) groups is 2. The molecule has 0 aromatic heterocycles. The van der Waals surface area contributed by atoms with Crippen LogP contribution in [0.3, 0.4) is 0 Å². The number of rotatable bonds is 4. The number of benzene rings is 3. The van der Waals surface area contributed by atoms with Crippen molar-refractivity contribution in [1.82, 2.24) is 0 Å². The summed E-state index contributed by atoms with van der Waals surface area (Å²) in [6.45, 7) is 0. The van der Waals surface area contributed by atoms with Crippen molar-refractivity contribution in [3.63, 3.8) is 0 Å². The molecule has 0 saturated heterocycles. The minimum absolute atomic E-state index is 0.0220. The van der Waals surface area contributed by atoms with Crippen molar-refractivity contribution in [2.24, 2.45) is 0 Å². The largest absolute Gasteiger partial charge is 0.418 e. The van der Waals surface area contributed by atoms with Gasteiger partial charge < -0.3 is 22.1 Å². The Kier molecular flexibility index (Phi) is 6.44. The monoisotopic (exact) mass is 482 g/mol. The predicted molar refractivity (Wildman–Crippen MR) is 114 cm³/mol. The Morgan fingerprint density at radius 3 is 1.21 bits per heavy atom. The number of hydrogen-bond donors (Lipinski definition) is 4. The smallest absolute Gasteiger partial charge is 0.398 e. The molecule has 6 nitrogen and oxygen atoms in total. The highest BCUT2D eigenvalue weighted by molar-refractivity contribution is 6.07. The molecule has 0 aliphatic heterocycles. The zero-order chi connectivity index (χ0) is 25.3. The standard InChI is InChI=1S/C22H16F6N4O2/c23-21(24,25)15-9-13(5-7-17(15)29)31-19(33)11-1-2-12(4-3-11)20(34)32-14-6-8-18(30)16(10-14)22(26,27)28/h1-10H,29-30H2,(H,31,33)(H,32,34). The van der Waals surface area contributed by atoms with Crippen LogP contribution in [0, 0.1) is 0 Å². The van der Waals surface area contributed by atoms with Crippen LogP contribution < -0.4 is 22.1 Å². The van der Waals surface area contributed by atoms with Crippen molar-refractivity contribution in [2.75, 3.05) is 22.1 Å². The summed E-state index contributed by atoms with van der Waals surface area (Å²) in [6.07, 6.45) is -9.41. The van der Waals surface area contributed by atoms with E-state index >= 15 is 0 Å². The minimum Gasteiger partial charge on any atom is -0.398 e. The average Bonchev–Trinajstić information content (AvgIpc) is 2.75. The van der Waals surface area contributed by atoms with Gasteiger partial charge in [-0.2, -0.15) is 26.3 Å². The lowest BCUT2D eigenvalue weighted by Crippen LogP contribution is -2.16. The quantitative estimate of drug-likeness (QED) is 0.295. The summed E-state index contributed by atoms with van der Waals surface area (Å²) >= 11 is 0. The van der Waals surface area contributed by atoms with E-state index in [1.165, 1.54) is 36.4 Å². The zero-order valence-corrected chi connectivity index (χ0v) is 17.0. The summed E-state index contributed by atoms with van der Waals surface area (Å²) in [6, 6.07) is 10.7. The Balaban J connectivity index is 1.72. The van der Waals surface area contributed by atoms with E-state index in [4.69, 9.17) is 11.5 Å². The lowest BCUT2D eigenvalue weighted by molar-refractivity contribution is -0.137. The molecular formula is C22H16F6N4O2. The van der Waals surface area contributed by atoms with Gasteiger partial charge in [-0.25, -0.2) is 0 Å². The summed E-state index contributed by atoms with van der Waals surface area (Å²) in [5.41, 5.74) is 7.21. The predicted octanol–water partition coefficient (Wildman–Crippen LogP) is 5.39. The fraction of sp³-hybridized carbons (Fsp3) is 0.0909. The van der Waals surface area contributed by atoms with Crippen LogP contribution in [0.4, 0.5) is 49.1 Å². The van der Waals surface area contributed by atoms with Gasteiger partial charge in [0, 0.05) is 33.9 Å². The minimum atomic E-state index is -4.70. The van der Waals surface area contributed by atoms with Crippen LogP contribution in [0.15, 0.2) is 60.7 Å². The number of carbonyl (C=O) groups excluding carboxylic acids is 2. The molecule has 0 radical (unpaired) electrons. The zero-order valence-electron chi connectivity index (χ0n) is 17.0. The topological polar surface area (TPSA) is 110 Å². The summed E-state index contributed by atoms with van der Waals surface area (Å²) in [4.78, 5) is 24.7. The van der Waals surface area contributed by atoms with Gasteiger partial charge in [0.05, 0.1) is 11.1 Å². The van der Waals surface area contributed by atoms with E-state index in [1.54, 1.807) is 0 Å². The molecule has 0 fully saturated rings. The second kappa shape index (κ2) is 8.96. The molecular weight excluding hydrogens is 466 g/mol. The van der Waals surface area contributed by atoms with Gasteiger partial charge in [-0.3, -0.25) is 9.59 Å². The molecule has 0 atom stereocenters. The van der Waals surface area contributed by atoms with Crippen LogP contribution in [0.5, 0.6) is 0 Å². The maximum atomic E-state index is 13.0. The maximum absolute atomic E-state index is 13.0. The lowest BCUT2D eigenvalue weighted by atomic mass is 10.1. The molecule has 0 unspecified atom stereocenters. The first-order chi connectivity index (χ1) is 15.8. The summed E-state index contributed by atoms with van der Waals surface area (Å²) < 4.78 is 77.8. The molecule has 0 aliphatic rings. The van der Waals surface area contributed by atoms with Crippen molar-refractivity contribution in [2.45, 2.75) is 12.4 Å². The van der Waals surface area contributed by atoms with Crippen LogP contribution in [-0.4, -0.2) is 11.8 Å². The van der Waals surface area contributed by atoms with Gasteiger partial charge in [0.15, 0.2) is 0 Å². The Morgan fingerprint density at radius 2 is 0.912 bits per heavy atom. The van der Waals surface area contributed by atoms with Crippen molar-refractivity contribution in [1.29, 1.82) is 0 Å². The van der Waals surface area contributed by atoms with Gasteiger partial charge in [0.2, 0.25) is 0 Å². The highest BCUT2D eigenvalue weighted by atomic mass is 19.4. The number of nitrogen functional groups attached to an aromatic ring is 2. The third-order valence-electron chi connectivity index (χ3n) is 4.64. The molecule has 3 aromatic carbocycles. The van der Waals surface area contributed by atoms with Crippen LogP contribution >= 0.6 is 0 Å². The molecule has 6 N–H and O–H groups in total. The van der Waals surface area contributed by atoms with E-state index in [0.717, 1.165) is 12.1 Å². The molecule has 0 aliphatic carbocycles. The molecule has 3 aromatic rings. The number of anilines is 4. The first kappa shape index (κ1) is 24.4. The van der Waals surface area contributed by atoms with E-state index < -0.39 is 46.7 Å². The van der Waals surface area contributed by atoms with E-state index in [9.17, 15) is 35.9 Å². The molecule has 34 heavy (non-hydrogen) atoms. The number of nitrogens with one attached hydrogen (secondary N) is 2.